The maximum absolute atomic E-state index is 10.4. The SMILES string of the molecule is CC1(C)CCOC(CC(=O)O)CN1. The van der Waals surface area contributed by atoms with E-state index in [0.29, 0.717) is 13.2 Å². The van der Waals surface area contributed by atoms with E-state index in [1.807, 2.05) is 0 Å². The molecule has 1 atom stereocenters. The van der Waals surface area contributed by atoms with E-state index in [1.165, 1.54) is 0 Å². The van der Waals surface area contributed by atoms with Gasteiger partial charge in [0, 0.05) is 18.7 Å². The van der Waals surface area contributed by atoms with Crippen molar-refractivity contribution >= 4 is 5.97 Å². The van der Waals surface area contributed by atoms with Gasteiger partial charge in [-0.25, -0.2) is 0 Å². The van der Waals surface area contributed by atoms with Crippen LogP contribution in [0.4, 0.5) is 0 Å². The second-order valence-electron chi connectivity index (χ2n) is 4.11. The summed E-state index contributed by atoms with van der Waals surface area (Å²) in [6.45, 7) is 5.45. The zero-order valence-corrected chi connectivity index (χ0v) is 8.17. The van der Waals surface area contributed by atoms with Crippen LogP contribution >= 0.6 is 0 Å². The van der Waals surface area contributed by atoms with Gasteiger partial charge in [0.05, 0.1) is 12.5 Å². The minimum atomic E-state index is -0.800. The molecule has 1 heterocycles. The number of carboxylic acids is 1. The first-order chi connectivity index (χ1) is 5.99. The van der Waals surface area contributed by atoms with Crippen molar-refractivity contribution in [1.82, 2.24) is 5.32 Å². The average Bonchev–Trinajstić information content (AvgIpc) is 2.12. The maximum Gasteiger partial charge on any atom is 0.306 e. The molecule has 0 aliphatic carbocycles. The second-order valence-corrected chi connectivity index (χ2v) is 4.11. The third-order valence-electron chi connectivity index (χ3n) is 2.29. The number of carboxylic acid groups (broad SMARTS) is 1. The lowest BCUT2D eigenvalue weighted by Crippen LogP contribution is -2.41. The van der Waals surface area contributed by atoms with Gasteiger partial charge in [0.1, 0.15) is 0 Å². The van der Waals surface area contributed by atoms with E-state index in [-0.39, 0.29) is 18.1 Å². The molecule has 13 heavy (non-hydrogen) atoms. The van der Waals surface area contributed by atoms with Gasteiger partial charge >= 0.3 is 5.97 Å². The fourth-order valence-electron chi connectivity index (χ4n) is 1.34. The molecule has 0 aromatic heterocycles. The Bertz CT molecular complexity index is 191. The number of aliphatic carboxylic acids is 1. The molecular weight excluding hydrogens is 170 g/mol. The van der Waals surface area contributed by atoms with Crippen LogP contribution in [0.5, 0.6) is 0 Å². The number of hydrogen-bond donors (Lipinski definition) is 2. The molecule has 1 saturated heterocycles. The Balaban J connectivity index is 2.40. The van der Waals surface area contributed by atoms with Crippen molar-refractivity contribution in [2.45, 2.75) is 38.3 Å². The van der Waals surface area contributed by atoms with Crippen LogP contribution in [-0.2, 0) is 9.53 Å². The van der Waals surface area contributed by atoms with Crippen molar-refractivity contribution in [2.75, 3.05) is 13.2 Å². The van der Waals surface area contributed by atoms with E-state index in [2.05, 4.69) is 19.2 Å². The highest BCUT2D eigenvalue weighted by Crippen LogP contribution is 2.14. The summed E-state index contributed by atoms with van der Waals surface area (Å²) in [5.41, 5.74) is 0.0628. The molecule has 1 aliphatic rings. The molecule has 0 amide bonds. The maximum atomic E-state index is 10.4. The van der Waals surface area contributed by atoms with Gasteiger partial charge in [-0.3, -0.25) is 4.79 Å². The first-order valence-corrected chi connectivity index (χ1v) is 4.58. The Morgan fingerprint density at radius 3 is 3.00 bits per heavy atom. The zero-order valence-electron chi connectivity index (χ0n) is 8.17. The fraction of sp³-hybridized carbons (Fsp3) is 0.889. The fourth-order valence-corrected chi connectivity index (χ4v) is 1.34. The van der Waals surface area contributed by atoms with Crippen LogP contribution in [-0.4, -0.2) is 35.9 Å². The quantitative estimate of drug-likeness (QED) is 0.665. The van der Waals surface area contributed by atoms with Crippen molar-refractivity contribution in [2.24, 2.45) is 0 Å². The highest BCUT2D eigenvalue weighted by molar-refractivity contribution is 5.67. The molecule has 1 aliphatic heterocycles. The standard InChI is InChI=1S/C9H17NO3/c1-9(2)3-4-13-7(6-10-9)5-8(11)12/h7,10H,3-6H2,1-2H3,(H,11,12). The smallest absolute Gasteiger partial charge is 0.306 e. The van der Waals surface area contributed by atoms with Gasteiger partial charge in [0.2, 0.25) is 0 Å². The molecule has 0 saturated carbocycles. The Labute approximate surface area is 78.3 Å². The molecule has 2 N–H and O–H groups in total. The molecule has 1 fully saturated rings. The van der Waals surface area contributed by atoms with Crippen LogP contribution in [0.15, 0.2) is 0 Å². The number of carbonyl (C=O) groups is 1. The predicted molar refractivity (Wildman–Crippen MR) is 48.7 cm³/mol. The molecule has 0 spiro atoms. The van der Waals surface area contributed by atoms with Gasteiger partial charge in [-0.1, -0.05) is 0 Å². The Morgan fingerprint density at radius 1 is 1.69 bits per heavy atom. The molecule has 1 rings (SSSR count). The van der Waals surface area contributed by atoms with Crippen molar-refractivity contribution < 1.29 is 14.6 Å². The summed E-state index contributed by atoms with van der Waals surface area (Å²) in [5, 5.41) is 11.9. The molecule has 0 aromatic rings. The molecule has 4 heteroatoms. The van der Waals surface area contributed by atoms with Gasteiger partial charge in [-0.05, 0) is 20.3 Å². The Hall–Kier alpha value is -0.610. The number of rotatable bonds is 2. The van der Waals surface area contributed by atoms with Gasteiger partial charge in [0.15, 0.2) is 0 Å². The van der Waals surface area contributed by atoms with E-state index in [4.69, 9.17) is 9.84 Å². The first kappa shape index (κ1) is 10.5. The van der Waals surface area contributed by atoms with Gasteiger partial charge in [0.25, 0.3) is 0 Å². The molecule has 0 bridgehead atoms. The van der Waals surface area contributed by atoms with Gasteiger partial charge in [-0.15, -0.1) is 0 Å². The second kappa shape index (κ2) is 4.07. The summed E-state index contributed by atoms with van der Waals surface area (Å²) < 4.78 is 5.41. The molecule has 0 aromatic carbocycles. The first-order valence-electron chi connectivity index (χ1n) is 4.58. The molecule has 0 radical (unpaired) electrons. The summed E-state index contributed by atoms with van der Waals surface area (Å²) in [7, 11) is 0. The minimum absolute atomic E-state index is 0.0628. The van der Waals surface area contributed by atoms with Crippen molar-refractivity contribution in [1.29, 1.82) is 0 Å². The van der Waals surface area contributed by atoms with Crippen LogP contribution in [0.25, 0.3) is 0 Å². The third kappa shape index (κ3) is 3.74. The van der Waals surface area contributed by atoms with Crippen molar-refractivity contribution in [3.8, 4) is 0 Å². The molecule has 76 valence electrons. The summed E-state index contributed by atoms with van der Waals surface area (Å²) in [6, 6.07) is 0. The van der Waals surface area contributed by atoms with Crippen LogP contribution in [0.1, 0.15) is 26.7 Å². The highest BCUT2D eigenvalue weighted by atomic mass is 16.5. The van der Waals surface area contributed by atoms with E-state index in [0.717, 1.165) is 6.42 Å². The van der Waals surface area contributed by atoms with Crippen LogP contribution in [0.2, 0.25) is 0 Å². The van der Waals surface area contributed by atoms with E-state index in [1.54, 1.807) is 0 Å². The summed E-state index contributed by atoms with van der Waals surface area (Å²) >= 11 is 0. The monoisotopic (exact) mass is 187 g/mol. The average molecular weight is 187 g/mol. The third-order valence-corrected chi connectivity index (χ3v) is 2.29. The lowest BCUT2D eigenvalue weighted by Gasteiger charge is -2.22. The van der Waals surface area contributed by atoms with Crippen LogP contribution in [0, 0.1) is 0 Å². The van der Waals surface area contributed by atoms with Crippen molar-refractivity contribution in [3.63, 3.8) is 0 Å². The Morgan fingerprint density at radius 2 is 2.38 bits per heavy atom. The summed E-state index contributed by atoms with van der Waals surface area (Å²) in [6.07, 6.45) is 0.825. The lowest BCUT2D eigenvalue weighted by atomic mass is 10.0. The van der Waals surface area contributed by atoms with Gasteiger partial charge < -0.3 is 15.2 Å². The summed E-state index contributed by atoms with van der Waals surface area (Å²) in [4.78, 5) is 10.4. The van der Waals surface area contributed by atoms with E-state index < -0.39 is 5.97 Å². The van der Waals surface area contributed by atoms with Gasteiger partial charge in [-0.2, -0.15) is 0 Å². The Kier molecular flexibility index (Phi) is 3.27. The number of nitrogens with one attached hydrogen (secondary N) is 1. The van der Waals surface area contributed by atoms with E-state index >= 15 is 0 Å². The largest absolute Gasteiger partial charge is 0.481 e. The van der Waals surface area contributed by atoms with Crippen LogP contribution in [0.3, 0.4) is 0 Å². The topological polar surface area (TPSA) is 58.6 Å². The van der Waals surface area contributed by atoms with Crippen molar-refractivity contribution in [3.05, 3.63) is 0 Å². The summed E-state index contributed by atoms with van der Waals surface area (Å²) in [5.74, 6) is -0.800. The normalized spacial score (nSPS) is 28.0. The molecular formula is C9H17NO3. The van der Waals surface area contributed by atoms with E-state index in [9.17, 15) is 4.79 Å². The lowest BCUT2D eigenvalue weighted by molar-refractivity contribution is -0.139. The van der Waals surface area contributed by atoms with Crippen LogP contribution < -0.4 is 5.32 Å². The zero-order chi connectivity index (χ0) is 9.90. The highest BCUT2D eigenvalue weighted by Gasteiger charge is 2.24. The predicted octanol–water partition coefficient (Wildman–Crippen LogP) is 0.618. The number of ether oxygens (including phenoxy) is 1. The number of hydrogen-bond acceptors (Lipinski definition) is 3. The molecule has 1 unspecified atom stereocenters. The minimum Gasteiger partial charge on any atom is -0.481 e. The molecule has 4 nitrogen and oxygen atoms in total.